The summed E-state index contributed by atoms with van der Waals surface area (Å²) in [5.41, 5.74) is 1.41. The van der Waals surface area contributed by atoms with Crippen molar-refractivity contribution in [2.24, 2.45) is 0 Å². The number of carbonyl (C=O) groups excluding carboxylic acids is 3. The van der Waals surface area contributed by atoms with Crippen molar-refractivity contribution in [2.75, 3.05) is 10.2 Å². The van der Waals surface area contributed by atoms with E-state index in [1.807, 2.05) is 0 Å². The number of fused-ring (bicyclic) bond motifs is 1. The molecule has 28 heavy (non-hydrogen) atoms. The van der Waals surface area contributed by atoms with E-state index in [0.717, 1.165) is 4.90 Å². The van der Waals surface area contributed by atoms with Crippen molar-refractivity contribution in [3.8, 4) is 0 Å². The Morgan fingerprint density at radius 1 is 1.11 bits per heavy atom. The zero-order valence-electron chi connectivity index (χ0n) is 14.1. The molecule has 2 aromatic carbocycles. The van der Waals surface area contributed by atoms with E-state index >= 15 is 0 Å². The summed E-state index contributed by atoms with van der Waals surface area (Å²) in [7, 11) is 0. The zero-order valence-corrected chi connectivity index (χ0v) is 15.7. The van der Waals surface area contributed by atoms with E-state index in [4.69, 9.17) is 11.6 Å². The van der Waals surface area contributed by atoms with E-state index in [2.05, 4.69) is 10.3 Å². The van der Waals surface area contributed by atoms with Crippen LogP contribution in [-0.2, 0) is 5.88 Å². The van der Waals surface area contributed by atoms with Gasteiger partial charge in [-0.3, -0.25) is 19.7 Å². The fraction of sp³-hybridized carbons (Fsp3) is 0.0526. The Labute approximate surface area is 167 Å². The second-order valence-corrected chi connectivity index (χ2v) is 7.04. The predicted molar refractivity (Wildman–Crippen MR) is 104 cm³/mol. The maximum absolute atomic E-state index is 13.1. The predicted octanol–water partition coefficient (Wildman–Crippen LogP) is 4.07. The molecule has 0 atom stereocenters. The molecular weight excluding hydrogens is 405 g/mol. The van der Waals surface area contributed by atoms with E-state index in [1.165, 1.54) is 53.8 Å². The van der Waals surface area contributed by atoms with Gasteiger partial charge < -0.3 is 0 Å². The summed E-state index contributed by atoms with van der Waals surface area (Å²) in [6.07, 6.45) is 0. The minimum Gasteiger partial charge on any atom is -0.298 e. The molecule has 0 spiro atoms. The molecule has 0 bridgehead atoms. The Morgan fingerprint density at radius 3 is 2.50 bits per heavy atom. The largest absolute Gasteiger partial charge is 0.298 e. The summed E-state index contributed by atoms with van der Waals surface area (Å²) in [6.45, 7) is 0. The summed E-state index contributed by atoms with van der Waals surface area (Å²) in [5, 5.41) is 4.75. The smallest absolute Gasteiger partial charge is 0.266 e. The second-order valence-electron chi connectivity index (χ2n) is 5.91. The third-order valence-corrected chi connectivity index (χ3v) is 5.22. The first kappa shape index (κ1) is 18.3. The number of nitrogens with zero attached hydrogens (tertiary/aromatic N) is 2. The molecule has 6 nitrogen and oxygen atoms in total. The SMILES string of the molecule is O=C(Nc1nc(CCl)cs1)c1ccc2c(c1)C(=O)N(c1ccc(F)cc1)C2=O. The fourth-order valence-electron chi connectivity index (χ4n) is 2.80. The monoisotopic (exact) mass is 415 g/mol. The molecule has 0 unspecified atom stereocenters. The molecule has 1 aliphatic heterocycles. The molecule has 140 valence electrons. The van der Waals surface area contributed by atoms with Gasteiger partial charge in [0, 0.05) is 10.9 Å². The summed E-state index contributed by atoms with van der Waals surface area (Å²) in [4.78, 5) is 42.9. The zero-order chi connectivity index (χ0) is 19.8. The molecule has 0 saturated carbocycles. The van der Waals surface area contributed by atoms with Crippen LogP contribution >= 0.6 is 22.9 Å². The van der Waals surface area contributed by atoms with E-state index < -0.39 is 23.5 Å². The first-order chi connectivity index (χ1) is 13.5. The van der Waals surface area contributed by atoms with Crippen LogP contribution in [0.4, 0.5) is 15.2 Å². The van der Waals surface area contributed by atoms with Crippen molar-refractivity contribution in [2.45, 2.75) is 5.88 Å². The molecule has 3 aromatic rings. The van der Waals surface area contributed by atoms with Gasteiger partial charge in [0.2, 0.25) is 0 Å². The van der Waals surface area contributed by atoms with E-state index in [-0.39, 0.29) is 28.3 Å². The van der Waals surface area contributed by atoms with Gasteiger partial charge in [0.1, 0.15) is 5.82 Å². The van der Waals surface area contributed by atoms with Crippen LogP contribution in [0.2, 0.25) is 0 Å². The number of halogens is 2. The van der Waals surface area contributed by atoms with Crippen LogP contribution in [0.25, 0.3) is 0 Å². The van der Waals surface area contributed by atoms with Crippen molar-refractivity contribution in [3.63, 3.8) is 0 Å². The Kier molecular flexibility index (Phi) is 4.66. The maximum Gasteiger partial charge on any atom is 0.266 e. The number of alkyl halides is 1. The van der Waals surface area contributed by atoms with E-state index in [9.17, 15) is 18.8 Å². The van der Waals surface area contributed by atoms with Crippen molar-refractivity contribution in [1.29, 1.82) is 0 Å². The van der Waals surface area contributed by atoms with E-state index in [1.54, 1.807) is 5.38 Å². The molecule has 3 amide bonds. The lowest BCUT2D eigenvalue weighted by molar-refractivity contribution is 0.0925. The number of hydrogen-bond donors (Lipinski definition) is 1. The molecule has 0 fully saturated rings. The Morgan fingerprint density at radius 2 is 1.82 bits per heavy atom. The molecule has 9 heteroatoms. The average molecular weight is 416 g/mol. The molecule has 0 saturated heterocycles. The average Bonchev–Trinajstić information content (AvgIpc) is 3.25. The number of thiazole rings is 1. The van der Waals surface area contributed by atoms with Gasteiger partial charge >= 0.3 is 0 Å². The highest BCUT2D eigenvalue weighted by Gasteiger charge is 2.37. The number of hydrogen-bond acceptors (Lipinski definition) is 5. The summed E-state index contributed by atoms with van der Waals surface area (Å²) in [5.74, 6) is -1.79. The number of anilines is 2. The molecule has 1 aromatic heterocycles. The number of aromatic nitrogens is 1. The number of rotatable bonds is 4. The van der Waals surface area contributed by atoms with Gasteiger partial charge in [-0.05, 0) is 42.5 Å². The van der Waals surface area contributed by atoms with Crippen LogP contribution in [0.15, 0.2) is 47.8 Å². The lowest BCUT2D eigenvalue weighted by Crippen LogP contribution is -2.29. The summed E-state index contributed by atoms with van der Waals surface area (Å²) in [6, 6.07) is 9.29. The van der Waals surface area contributed by atoms with Crippen molar-refractivity contribution >= 4 is 51.5 Å². The standard InChI is InChI=1S/C19H11ClFN3O3S/c20-8-12-9-28-19(22-12)23-16(25)10-1-6-14-15(7-10)18(27)24(17(14)26)13-4-2-11(21)3-5-13/h1-7,9H,8H2,(H,22,23,25). The first-order valence-electron chi connectivity index (χ1n) is 8.08. The van der Waals surface area contributed by atoms with Gasteiger partial charge in [-0.15, -0.1) is 22.9 Å². The number of imide groups is 1. The Balaban J connectivity index is 1.61. The maximum atomic E-state index is 13.1. The van der Waals surface area contributed by atoms with Crippen molar-refractivity contribution in [3.05, 3.63) is 76.0 Å². The van der Waals surface area contributed by atoms with Gasteiger partial charge in [0.25, 0.3) is 17.7 Å². The van der Waals surface area contributed by atoms with Gasteiger partial charge in [-0.1, -0.05) is 0 Å². The quantitative estimate of drug-likeness (QED) is 0.514. The molecule has 2 heterocycles. The highest BCUT2D eigenvalue weighted by molar-refractivity contribution is 7.14. The van der Waals surface area contributed by atoms with Crippen molar-refractivity contribution in [1.82, 2.24) is 4.98 Å². The number of carbonyl (C=O) groups is 3. The van der Waals surface area contributed by atoms with Crippen LogP contribution in [0.1, 0.15) is 36.8 Å². The summed E-state index contributed by atoms with van der Waals surface area (Å²) < 4.78 is 13.1. The van der Waals surface area contributed by atoms with Gasteiger partial charge in [0.05, 0.1) is 28.4 Å². The van der Waals surface area contributed by atoms with Gasteiger partial charge in [-0.2, -0.15) is 0 Å². The fourth-order valence-corrected chi connectivity index (χ4v) is 3.74. The number of benzene rings is 2. The third-order valence-electron chi connectivity index (χ3n) is 4.14. The normalized spacial score (nSPS) is 13.0. The lowest BCUT2D eigenvalue weighted by atomic mass is 10.1. The van der Waals surface area contributed by atoms with E-state index in [0.29, 0.717) is 10.8 Å². The minimum absolute atomic E-state index is 0.113. The van der Waals surface area contributed by atoms with Crippen LogP contribution in [0, 0.1) is 5.82 Å². The highest BCUT2D eigenvalue weighted by Crippen LogP contribution is 2.29. The molecule has 0 radical (unpaired) electrons. The van der Waals surface area contributed by atoms with Crippen LogP contribution in [-0.4, -0.2) is 22.7 Å². The highest BCUT2D eigenvalue weighted by atomic mass is 35.5. The molecule has 1 N–H and O–H groups in total. The van der Waals surface area contributed by atoms with Gasteiger partial charge in [0.15, 0.2) is 5.13 Å². The molecule has 0 aliphatic carbocycles. The summed E-state index contributed by atoms with van der Waals surface area (Å²) >= 11 is 6.93. The first-order valence-corrected chi connectivity index (χ1v) is 9.49. The minimum atomic E-state index is -0.570. The topological polar surface area (TPSA) is 79.4 Å². The Bertz CT molecular complexity index is 1110. The van der Waals surface area contributed by atoms with Crippen LogP contribution in [0.5, 0.6) is 0 Å². The number of amides is 3. The second kappa shape index (κ2) is 7.14. The van der Waals surface area contributed by atoms with Gasteiger partial charge in [-0.25, -0.2) is 14.3 Å². The van der Waals surface area contributed by atoms with Crippen LogP contribution < -0.4 is 10.2 Å². The lowest BCUT2D eigenvalue weighted by Gasteiger charge is -2.13. The Hall–Kier alpha value is -3.10. The van der Waals surface area contributed by atoms with Crippen LogP contribution in [0.3, 0.4) is 0 Å². The molecule has 4 rings (SSSR count). The molecule has 1 aliphatic rings. The third kappa shape index (κ3) is 3.17. The number of nitrogens with one attached hydrogen (secondary N) is 1. The molecular formula is C19H11ClFN3O3S. The van der Waals surface area contributed by atoms with Crippen molar-refractivity contribution < 1.29 is 18.8 Å².